The summed E-state index contributed by atoms with van der Waals surface area (Å²) in [5.41, 5.74) is 8.04. The van der Waals surface area contributed by atoms with Gasteiger partial charge in [-0.2, -0.15) is 0 Å². The number of hydrogen-bond acceptors (Lipinski definition) is 3. The molecule has 2 atom stereocenters. The summed E-state index contributed by atoms with van der Waals surface area (Å²) >= 11 is 0. The summed E-state index contributed by atoms with van der Waals surface area (Å²) in [5.74, 6) is 0.376. The van der Waals surface area contributed by atoms with Crippen molar-refractivity contribution in [1.82, 2.24) is 5.32 Å². The van der Waals surface area contributed by atoms with E-state index in [1.54, 1.807) is 12.1 Å². The van der Waals surface area contributed by atoms with Gasteiger partial charge in [0.1, 0.15) is 0 Å². The summed E-state index contributed by atoms with van der Waals surface area (Å²) < 4.78 is 5.47. The normalized spacial score (nSPS) is 23.0. The third-order valence-electron chi connectivity index (χ3n) is 3.59. The van der Waals surface area contributed by atoms with Crippen molar-refractivity contribution in [1.29, 1.82) is 0 Å². The summed E-state index contributed by atoms with van der Waals surface area (Å²) in [7, 11) is 0. The Morgan fingerprint density at radius 2 is 2.33 bits per heavy atom. The highest BCUT2D eigenvalue weighted by atomic mass is 16.5. The predicted octanol–water partition coefficient (Wildman–Crippen LogP) is 1.73. The molecule has 1 amide bonds. The minimum Gasteiger partial charge on any atom is -0.399 e. The molecule has 0 radical (unpaired) electrons. The summed E-state index contributed by atoms with van der Waals surface area (Å²) in [4.78, 5) is 12.0. The Morgan fingerprint density at radius 3 is 2.94 bits per heavy atom. The molecular weight excluding hydrogens is 228 g/mol. The first-order valence-corrected chi connectivity index (χ1v) is 6.34. The van der Waals surface area contributed by atoms with E-state index in [0.717, 1.165) is 18.6 Å². The van der Waals surface area contributed by atoms with Crippen LogP contribution in [0.3, 0.4) is 0 Å². The van der Waals surface area contributed by atoms with E-state index >= 15 is 0 Å². The molecule has 1 aliphatic rings. The molecule has 2 rings (SSSR count). The third kappa shape index (κ3) is 2.82. The zero-order chi connectivity index (χ0) is 13.1. The minimum absolute atomic E-state index is 0.0443. The zero-order valence-electron chi connectivity index (χ0n) is 10.9. The second kappa shape index (κ2) is 5.40. The van der Waals surface area contributed by atoms with Crippen molar-refractivity contribution < 1.29 is 9.53 Å². The van der Waals surface area contributed by atoms with Gasteiger partial charge in [-0.05, 0) is 44.0 Å². The van der Waals surface area contributed by atoms with Crippen LogP contribution in [0.5, 0.6) is 0 Å². The van der Waals surface area contributed by atoms with Crippen molar-refractivity contribution >= 4 is 11.6 Å². The second-order valence-electron chi connectivity index (χ2n) is 4.91. The van der Waals surface area contributed by atoms with Crippen LogP contribution >= 0.6 is 0 Å². The van der Waals surface area contributed by atoms with Gasteiger partial charge in [0.2, 0.25) is 0 Å². The van der Waals surface area contributed by atoms with Gasteiger partial charge in [0.15, 0.2) is 0 Å². The number of carbonyl (C=O) groups excluding carboxylic acids is 1. The molecule has 0 spiro atoms. The molecule has 0 saturated carbocycles. The van der Waals surface area contributed by atoms with Crippen molar-refractivity contribution in [3.63, 3.8) is 0 Å². The minimum atomic E-state index is -0.0443. The van der Waals surface area contributed by atoms with E-state index in [9.17, 15) is 4.79 Å². The molecule has 1 aliphatic heterocycles. The number of nitrogens with two attached hydrogens (primary N) is 1. The van der Waals surface area contributed by atoms with Crippen molar-refractivity contribution in [2.75, 3.05) is 18.9 Å². The highest BCUT2D eigenvalue weighted by Crippen LogP contribution is 2.19. The third-order valence-corrected chi connectivity index (χ3v) is 3.59. The molecule has 1 aromatic carbocycles. The van der Waals surface area contributed by atoms with E-state index in [1.807, 2.05) is 13.0 Å². The molecule has 1 fully saturated rings. The number of amides is 1. The number of benzene rings is 1. The van der Waals surface area contributed by atoms with Gasteiger partial charge in [0.25, 0.3) is 5.91 Å². The Labute approximate surface area is 108 Å². The van der Waals surface area contributed by atoms with Crippen molar-refractivity contribution in [2.24, 2.45) is 5.92 Å². The molecule has 3 N–H and O–H groups in total. The van der Waals surface area contributed by atoms with Crippen molar-refractivity contribution in [3.05, 3.63) is 29.3 Å². The highest BCUT2D eigenvalue weighted by Gasteiger charge is 2.24. The summed E-state index contributed by atoms with van der Waals surface area (Å²) in [6.45, 7) is 5.42. The molecule has 4 heteroatoms. The second-order valence-corrected chi connectivity index (χ2v) is 4.91. The fourth-order valence-corrected chi connectivity index (χ4v) is 2.19. The van der Waals surface area contributed by atoms with Crippen molar-refractivity contribution in [2.45, 2.75) is 26.4 Å². The van der Waals surface area contributed by atoms with Crippen LogP contribution in [0, 0.1) is 12.8 Å². The molecule has 1 aromatic rings. The number of aryl methyl sites for hydroxylation is 1. The van der Waals surface area contributed by atoms with E-state index in [-0.39, 0.29) is 12.0 Å². The molecule has 2 unspecified atom stereocenters. The van der Waals surface area contributed by atoms with Crippen LogP contribution in [0.2, 0.25) is 0 Å². The monoisotopic (exact) mass is 248 g/mol. The van der Waals surface area contributed by atoms with Crippen LogP contribution < -0.4 is 11.1 Å². The SMILES string of the molecule is Cc1cc(C(=O)NCC2CCOC2C)ccc1N. The maximum absolute atomic E-state index is 12.0. The van der Waals surface area contributed by atoms with Crippen LogP contribution in [-0.2, 0) is 4.74 Å². The van der Waals surface area contributed by atoms with E-state index in [2.05, 4.69) is 12.2 Å². The number of anilines is 1. The number of nitrogens with one attached hydrogen (secondary N) is 1. The van der Waals surface area contributed by atoms with Crippen LogP contribution in [0.25, 0.3) is 0 Å². The topological polar surface area (TPSA) is 64.3 Å². The lowest BCUT2D eigenvalue weighted by atomic mass is 10.0. The van der Waals surface area contributed by atoms with Crippen LogP contribution in [-0.4, -0.2) is 25.2 Å². The Morgan fingerprint density at radius 1 is 1.56 bits per heavy atom. The van der Waals surface area contributed by atoms with Gasteiger partial charge in [-0.1, -0.05) is 0 Å². The molecule has 98 valence electrons. The molecule has 0 bridgehead atoms. The van der Waals surface area contributed by atoms with Crippen LogP contribution in [0.15, 0.2) is 18.2 Å². The molecule has 4 nitrogen and oxygen atoms in total. The smallest absolute Gasteiger partial charge is 0.251 e. The number of nitrogen functional groups attached to an aromatic ring is 1. The first-order valence-electron chi connectivity index (χ1n) is 6.34. The average molecular weight is 248 g/mol. The van der Waals surface area contributed by atoms with Gasteiger partial charge in [-0.15, -0.1) is 0 Å². The van der Waals surface area contributed by atoms with Gasteiger partial charge in [0, 0.05) is 30.3 Å². The maximum Gasteiger partial charge on any atom is 0.251 e. The van der Waals surface area contributed by atoms with Gasteiger partial charge >= 0.3 is 0 Å². The largest absolute Gasteiger partial charge is 0.399 e. The summed E-state index contributed by atoms with van der Waals surface area (Å²) in [6, 6.07) is 5.34. The lowest BCUT2D eigenvalue weighted by Gasteiger charge is -2.15. The summed E-state index contributed by atoms with van der Waals surface area (Å²) in [6.07, 6.45) is 1.25. The van der Waals surface area contributed by atoms with Gasteiger partial charge in [-0.25, -0.2) is 0 Å². The first kappa shape index (κ1) is 12.9. The fourth-order valence-electron chi connectivity index (χ4n) is 2.19. The number of carbonyl (C=O) groups is 1. The van der Waals surface area contributed by atoms with Gasteiger partial charge in [-0.3, -0.25) is 4.79 Å². The fraction of sp³-hybridized carbons (Fsp3) is 0.500. The number of hydrogen-bond donors (Lipinski definition) is 2. The molecule has 1 saturated heterocycles. The molecular formula is C14H20N2O2. The zero-order valence-corrected chi connectivity index (χ0v) is 10.9. The molecule has 0 aliphatic carbocycles. The number of rotatable bonds is 3. The highest BCUT2D eigenvalue weighted by molar-refractivity contribution is 5.94. The Bertz CT molecular complexity index is 445. The van der Waals surface area contributed by atoms with Crippen molar-refractivity contribution in [3.8, 4) is 0 Å². The van der Waals surface area contributed by atoms with Crippen LogP contribution in [0.4, 0.5) is 5.69 Å². The molecule has 0 aromatic heterocycles. The van der Waals surface area contributed by atoms with Gasteiger partial charge < -0.3 is 15.8 Å². The van der Waals surface area contributed by atoms with E-state index in [1.165, 1.54) is 0 Å². The molecule has 1 heterocycles. The van der Waals surface area contributed by atoms with E-state index in [4.69, 9.17) is 10.5 Å². The lowest BCUT2D eigenvalue weighted by Crippen LogP contribution is -2.32. The lowest BCUT2D eigenvalue weighted by molar-refractivity contribution is 0.0907. The quantitative estimate of drug-likeness (QED) is 0.801. The van der Waals surface area contributed by atoms with Gasteiger partial charge in [0.05, 0.1) is 6.10 Å². The Kier molecular flexibility index (Phi) is 3.87. The molecule has 18 heavy (non-hydrogen) atoms. The Balaban J connectivity index is 1.93. The van der Waals surface area contributed by atoms with E-state index < -0.39 is 0 Å². The first-order chi connectivity index (χ1) is 8.58. The number of ether oxygens (including phenoxy) is 1. The van der Waals surface area contributed by atoms with E-state index in [0.29, 0.717) is 23.7 Å². The maximum atomic E-state index is 12.0. The standard InChI is InChI=1S/C14H20N2O2/c1-9-7-11(3-4-13(9)15)14(17)16-8-12-5-6-18-10(12)2/h3-4,7,10,12H,5-6,8,15H2,1-2H3,(H,16,17). The average Bonchev–Trinajstić information content (AvgIpc) is 2.75. The Hall–Kier alpha value is -1.55. The predicted molar refractivity (Wildman–Crippen MR) is 71.4 cm³/mol. The van der Waals surface area contributed by atoms with Crippen LogP contribution in [0.1, 0.15) is 29.3 Å². The summed E-state index contributed by atoms with van der Waals surface area (Å²) in [5, 5.41) is 2.96.